The highest BCUT2D eigenvalue weighted by Crippen LogP contribution is 2.67. The lowest BCUT2D eigenvalue weighted by Crippen LogP contribution is -2.45. The van der Waals surface area contributed by atoms with Gasteiger partial charge >= 0.3 is 5.97 Å². The highest BCUT2D eigenvalue weighted by Gasteiger charge is 2.59. The zero-order valence-electron chi connectivity index (χ0n) is 11.5. The van der Waals surface area contributed by atoms with Crippen LogP contribution in [0.4, 0.5) is 0 Å². The van der Waals surface area contributed by atoms with E-state index in [9.17, 15) is 14.7 Å². The Balaban J connectivity index is 2.16. The van der Waals surface area contributed by atoms with Gasteiger partial charge in [-0.3, -0.25) is 4.79 Å². The van der Waals surface area contributed by atoms with Gasteiger partial charge in [0, 0.05) is 6.92 Å². The minimum atomic E-state index is -0.911. The summed E-state index contributed by atoms with van der Waals surface area (Å²) < 4.78 is 0. The first-order valence-electron chi connectivity index (χ1n) is 6.78. The van der Waals surface area contributed by atoms with E-state index in [0.717, 1.165) is 18.8 Å². The second-order valence-electron chi connectivity index (χ2n) is 6.57. The maximum absolute atomic E-state index is 11.3. The topological polar surface area (TPSA) is 66.4 Å². The van der Waals surface area contributed by atoms with Crippen LogP contribution in [-0.2, 0) is 9.59 Å². The van der Waals surface area contributed by atoms with E-state index in [1.165, 1.54) is 19.8 Å². The number of rotatable bonds is 4. The summed E-state index contributed by atoms with van der Waals surface area (Å²) in [6, 6.07) is -0.737. The standard InChI is InChI=1S/C14H23NO3/c1-9(16)15-11(12(17)18)8-14-6-4-10(5-7-14)13(14,2)3/h10-11H,4-8H2,1-3H3,(H,15,16)(H,17,18)/t10?,11-,14?/m0/s1. The van der Waals surface area contributed by atoms with Gasteiger partial charge in [-0.15, -0.1) is 0 Å². The molecule has 0 unspecified atom stereocenters. The smallest absolute Gasteiger partial charge is 0.326 e. The molecule has 2 aliphatic rings. The summed E-state index contributed by atoms with van der Waals surface area (Å²) in [5, 5.41) is 11.8. The molecule has 2 N–H and O–H groups in total. The average Bonchev–Trinajstić information content (AvgIpc) is 2.63. The fourth-order valence-electron chi connectivity index (χ4n) is 4.27. The average molecular weight is 253 g/mol. The van der Waals surface area contributed by atoms with Crippen LogP contribution < -0.4 is 5.32 Å². The van der Waals surface area contributed by atoms with Crippen molar-refractivity contribution >= 4 is 11.9 Å². The van der Waals surface area contributed by atoms with E-state index < -0.39 is 12.0 Å². The molecule has 102 valence electrons. The monoisotopic (exact) mass is 253 g/mol. The minimum Gasteiger partial charge on any atom is -0.480 e. The third kappa shape index (κ3) is 1.91. The molecule has 2 fully saturated rings. The molecule has 0 spiro atoms. The summed E-state index contributed by atoms with van der Waals surface area (Å²) in [6.07, 6.45) is 5.20. The molecule has 0 aromatic heterocycles. The van der Waals surface area contributed by atoms with Crippen LogP contribution in [0, 0.1) is 16.7 Å². The molecule has 4 nitrogen and oxygen atoms in total. The first-order valence-corrected chi connectivity index (χ1v) is 6.78. The lowest BCUT2D eigenvalue weighted by Gasteiger charge is -2.40. The Labute approximate surface area is 108 Å². The van der Waals surface area contributed by atoms with Gasteiger partial charge in [0.1, 0.15) is 6.04 Å². The molecule has 0 heterocycles. The number of carbonyl (C=O) groups excluding carboxylic acids is 1. The molecule has 2 rings (SSSR count). The zero-order chi connectivity index (χ0) is 13.6. The number of nitrogens with one attached hydrogen (secondary N) is 1. The predicted molar refractivity (Wildman–Crippen MR) is 68.0 cm³/mol. The van der Waals surface area contributed by atoms with Crippen molar-refractivity contribution in [3.63, 3.8) is 0 Å². The maximum atomic E-state index is 11.3. The lowest BCUT2D eigenvalue weighted by molar-refractivity contribution is -0.143. The Morgan fingerprint density at radius 2 is 1.89 bits per heavy atom. The fraction of sp³-hybridized carbons (Fsp3) is 0.857. The molecule has 1 atom stereocenters. The highest BCUT2D eigenvalue weighted by atomic mass is 16.4. The van der Waals surface area contributed by atoms with Gasteiger partial charge in [0.05, 0.1) is 0 Å². The van der Waals surface area contributed by atoms with Gasteiger partial charge in [0.15, 0.2) is 0 Å². The normalized spacial score (nSPS) is 34.3. The first-order chi connectivity index (χ1) is 8.28. The maximum Gasteiger partial charge on any atom is 0.326 e. The second-order valence-corrected chi connectivity index (χ2v) is 6.57. The molecule has 0 aromatic carbocycles. The summed E-state index contributed by atoms with van der Waals surface area (Å²) >= 11 is 0. The van der Waals surface area contributed by atoms with Crippen molar-refractivity contribution in [3.8, 4) is 0 Å². The van der Waals surface area contributed by atoms with Crippen molar-refractivity contribution in [1.29, 1.82) is 0 Å². The Morgan fingerprint density at radius 3 is 2.22 bits per heavy atom. The molecule has 2 bridgehead atoms. The summed E-state index contributed by atoms with van der Waals surface area (Å²) in [4.78, 5) is 22.4. The molecule has 18 heavy (non-hydrogen) atoms. The van der Waals surface area contributed by atoms with Crippen LogP contribution in [0.2, 0.25) is 0 Å². The van der Waals surface area contributed by atoms with Crippen LogP contribution in [0.5, 0.6) is 0 Å². The second kappa shape index (κ2) is 4.25. The van der Waals surface area contributed by atoms with Crippen LogP contribution in [-0.4, -0.2) is 23.0 Å². The molecular formula is C14H23NO3. The molecular weight excluding hydrogens is 230 g/mol. The quantitative estimate of drug-likeness (QED) is 0.807. The third-order valence-corrected chi connectivity index (χ3v) is 5.60. The van der Waals surface area contributed by atoms with Crippen LogP contribution in [0.25, 0.3) is 0 Å². The molecule has 1 amide bonds. The Kier molecular flexibility index (Phi) is 3.16. The summed E-state index contributed by atoms with van der Waals surface area (Å²) in [5.41, 5.74) is 0.308. The van der Waals surface area contributed by atoms with Crippen molar-refractivity contribution in [1.82, 2.24) is 5.32 Å². The van der Waals surface area contributed by atoms with Gasteiger partial charge in [-0.2, -0.15) is 0 Å². The van der Waals surface area contributed by atoms with Gasteiger partial charge in [-0.25, -0.2) is 4.79 Å². The summed E-state index contributed by atoms with van der Waals surface area (Å²) in [5.74, 6) is -0.445. The van der Waals surface area contributed by atoms with Gasteiger partial charge in [-0.05, 0) is 48.9 Å². The molecule has 0 radical (unpaired) electrons. The van der Waals surface area contributed by atoms with Crippen molar-refractivity contribution in [3.05, 3.63) is 0 Å². The van der Waals surface area contributed by atoms with E-state index in [1.54, 1.807) is 0 Å². The van der Waals surface area contributed by atoms with E-state index >= 15 is 0 Å². The number of fused-ring (bicyclic) bond motifs is 2. The van der Waals surface area contributed by atoms with Gasteiger partial charge in [0.2, 0.25) is 5.91 Å². The van der Waals surface area contributed by atoms with Crippen molar-refractivity contribution in [2.75, 3.05) is 0 Å². The Morgan fingerprint density at radius 1 is 1.33 bits per heavy atom. The van der Waals surface area contributed by atoms with Gasteiger partial charge in [-0.1, -0.05) is 13.8 Å². The molecule has 4 heteroatoms. The molecule has 2 saturated carbocycles. The SMILES string of the molecule is CC(=O)N[C@@H](CC12CCC(CC1)C2(C)C)C(=O)O. The molecule has 0 saturated heterocycles. The lowest BCUT2D eigenvalue weighted by atomic mass is 9.66. The Hall–Kier alpha value is -1.06. The predicted octanol–water partition coefficient (Wildman–Crippen LogP) is 2.18. The summed E-state index contributed by atoms with van der Waals surface area (Å²) in [7, 11) is 0. The van der Waals surface area contributed by atoms with E-state index in [0.29, 0.717) is 6.42 Å². The number of carboxylic acids is 1. The highest BCUT2D eigenvalue weighted by molar-refractivity contribution is 5.82. The van der Waals surface area contributed by atoms with Crippen molar-refractivity contribution in [2.24, 2.45) is 16.7 Å². The molecule has 0 aromatic rings. The first kappa shape index (κ1) is 13.4. The van der Waals surface area contributed by atoms with Gasteiger partial charge < -0.3 is 10.4 Å². The van der Waals surface area contributed by atoms with E-state index in [2.05, 4.69) is 19.2 Å². The minimum absolute atomic E-state index is 0.100. The third-order valence-electron chi connectivity index (χ3n) is 5.60. The Bertz CT molecular complexity index is 367. The van der Waals surface area contributed by atoms with Gasteiger partial charge in [0.25, 0.3) is 0 Å². The molecule has 0 aliphatic heterocycles. The van der Waals surface area contributed by atoms with Crippen LogP contribution in [0.15, 0.2) is 0 Å². The number of carbonyl (C=O) groups is 2. The number of amides is 1. The van der Waals surface area contributed by atoms with Crippen LogP contribution in [0.3, 0.4) is 0 Å². The number of hydrogen-bond donors (Lipinski definition) is 2. The summed E-state index contributed by atoms with van der Waals surface area (Å²) in [6.45, 7) is 5.92. The van der Waals surface area contributed by atoms with Crippen molar-refractivity contribution < 1.29 is 14.7 Å². The van der Waals surface area contributed by atoms with Crippen molar-refractivity contribution in [2.45, 2.75) is 58.9 Å². The number of aliphatic carboxylic acids is 1. The fourth-order valence-corrected chi connectivity index (χ4v) is 4.27. The number of hydrogen-bond acceptors (Lipinski definition) is 2. The van der Waals surface area contributed by atoms with Crippen LogP contribution in [0.1, 0.15) is 52.9 Å². The molecule has 2 aliphatic carbocycles. The van der Waals surface area contributed by atoms with Crippen LogP contribution >= 0.6 is 0 Å². The zero-order valence-corrected chi connectivity index (χ0v) is 11.5. The number of carboxylic acid groups (broad SMARTS) is 1. The van der Waals surface area contributed by atoms with E-state index in [4.69, 9.17) is 0 Å². The largest absolute Gasteiger partial charge is 0.480 e. The van der Waals surface area contributed by atoms with E-state index in [-0.39, 0.29) is 16.7 Å². The van der Waals surface area contributed by atoms with E-state index in [1.807, 2.05) is 0 Å².